The molecule has 0 rings (SSSR count). The number of carbonyl (C=O) groups excluding carboxylic acids is 1. The highest BCUT2D eigenvalue weighted by Crippen LogP contribution is 2.16. The summed E-state index contributed by atoms with van der Waals surface area (Å²) < 4.78 is 4.92. The Labute approximate surface area is 125 Å². The molecule has 0 amide bonds. The molecule has 0 aromatic rings. The van der Waals surface area contributed by atoms with E-state index in [0.29, 0.717) is 12.0 Å². The smallest absolute Gasteiger partial charge is 0.325 e. The van der Waals surface area contributed by atoms with Gasteiger partial charge in [-0.1, -0.05) is 20.8 Å². The summed E-state index contributed by atoms with van der Waals surface area (Å²) in [4.78, 5) is 14.4. The van der Waals surface area contributed by atoms with E-state index in [0.717, 1.165) is 32.5 Å². The van der Waals surface area contributed by atoms with Crippen molar-refractivity contribution in [3.8, 4) is 0 Å². The summed E-state index contributed by atoms with van der Waals surface area (Å²) in [6.07, 6.45) is 1.79. The Balaban J connectivity index is 4.44. The first-order chi connectivity index (χ1) is 9.26. The quantitative estimate of drug-likeness (QED) is 0.627. The van der Waals surface area contributed by atoms with Crippen molar-refractivity contribution >= 4 is 5.97 Å². The summed E-state index contributed by atoms with van der Waals surface area (Å²) in [5, 5.41) is 3.26. The molecule has 0 saturated heterocycles. The van der Waals surface area contributed by atoms with E-state index in [4.69, 9.17) is 4.74 Å². The van der Waals surface area contributed by atoms with Crippen LogP contribution in [0.3, 0.4) is 0 Å². The lowest BCUT2D eigenvalue weighted by Gasteiger charge is -2.31. The molecular formula is C16H34N2O2. The van der Waals surface area contributed by atoms with E-state index in [-0.39, 0.29) is 5.97 Å². The van der Waals surface area contributed by atoms with E-state index in [1.54, 1.807) is 0 Å². The average Bonchev–Trinajstić information content (AvgIpc) is 2.36. The largest absolute Gasteiger partial charge is 0.468 e. The standard InChI is InChI=1S/C16H34N2O2/c1-8-17-16(6,15(19)20-7)10-9-11-18(14(4)5)12-13(2)3/h13-14,17H,8-12H2,1-7H3. The number of nitrogens with one attached hydrogen (secondary N) is 1. The highest BCUT2D eigenvalue weighted by molar-refractivity contribution is 5.80. The Kier molecular flexibility index (Phi) is 9.06. The molecule has 0 aromatic carbocycles. The van der Waals surface area contributed by atoms with E-state index >= 15 is 0 Å². The van der Waals surface area contributed by atoms with E-state index in [9.17, 15) is 4.79 Å². The van der Waals surface area contributed by atoms with Gasteiger partial charge in [0.1, 0.15) is 5.54 Å². The third kappa shape index (κ3) is 6.71. The van der Waals surface area contributed by atoms with Gasteiger partial charge in [-0.3, -0.25) is 4.79 Å². The minimum Gasteiger partial charge on any atom is -0.468 e. The zero-order valence-corrected chi connectivity index (χ0v) is 14.5. The van der Waals surface area contributed by atoms with Crippen molar-refractivity contribution in [3.05, 3.63) is 0 Å². The molecule has 0 radical (unpaired) electrons. The number of hydrogen-bond donors (Lipinski definition) is 1. The predicted octanol–water partition coefficient (Wildman–Crippen LogP) is 2.67. The van der Waals surface area contributed by atoms with Crippen LogP contribution in [0.5, 0.6) is 0 Å². The van der Waals surface area contributed by atoms with Crippen LogP contribution in [0, 0.1) is 5.92 Å². The molecule has 0 spiro atoms. The molecule has 4 heteroatoms. The van der Waals surface area contributed by atoms with Crippen molar-refractivity contribution in [2.24, 2.45) is 5.92 Å². The van der Waals surface area contributed by atoms with Crippen molar-refractivity contribution in [1.82, 2.24) is 10.2 Å². The summed E-state index contributed by atoms with van der Waals surface area (Å²) in [6, 6.07) is 0.543. The molecule has 0 saturated carbocycles. The van der Waals surface area contributed by atoms with Crippen LogP contribution < -0.4 is 5.32 Å². The topological polar surface area (TPSA) is 41.6 Å². The van der Waals surface area contributed by atoms with Gasteiger partial charge in [0.25, 0.3) is 0 Å². The molecule has 0 aromatic heterocycles. The summed E-state index contributed by atoms with van der Waals surface area (Å²) in [6.45, 7) is 15.8. The van der Waals surface area contributed by atoms with Gasteiger partial charge in [0.05, 0.1) is 7.11 Å². The Morgan fingerprint density at radius 1 is 1.30 bits per heavy atom. The lowest BCUT2D eigenvalue weighted by atomic mass is 9.95. The maximum Gasteiger partial charge on any atom is 0.325 e. The normalized spacial score (nSPS) is 14.9. The second kappa shape index (κ2) is 9.35. The number of likely N-dealkylation sites (N-methyl/N-ethyl adjacent to an activating group) is 1. The maximum absolute atomic E-state index is 11.9. The van der Waals surface area contributed by atoms with Crippen LogP contribution in [0.1, 0.15) is 54.4 Å². The van der Waals surface area contributed by atoms with Crippen LogP contribution in [0.25, 0.3) is 0 Å². The molecule has 1 unspecified atom stereocenters. The third-order valence-electron chi connectivity index (χ3n) is 3.65. The zero-order chi connectivity index (χ0) is 15.8. The monoisotopic (exact) mass is 286 g/mol. The van der Waals surface area contributed by atoms with Crippen LogP contribution in [-0.4, -0.2) is 49.2 Å². The first-order valence-electron chi connectivity index (χ1n) is 7.84. The lowest BCUT2D eigenvalue weighted by Crippen LogP contribution is -2.50. The second-order valence-corrected chi connectivity index (χ2v) is 6.44. The summed E-state index contributed by atoms with van der Waals surface area (Å²) in [7, 11) is 1.46. The van der Waals surface area contributed by atoms with Crippen molar-refractivity contribution in [1.29, 1.82) is 0 Å². The zero-order valence-electron chi connectivity index (χ0n) is 14.5. The third-order valence-corrected chi connectivity index (χ3v) is 3.65. The van der Waals surface area contributed by atoms with Gasteiger partial charge in [0, 0.05) is 12.6 Å². The molecule has 0 aliphatic rings. The van der Waals surface area contributed by atoms with Gasteiger partial charge in [-0.05, 0) is 52.6 Å². The molecule has 0 fully saturated rings. The predicted molar refractivity (Wildman–Crippen MR) is 84.9 cm³/mol. The lowest BCUT2D eigenvalue weighted by molar-refractivity contribution is -0.148. The SMILES string of the molecule is CCNC(C)(CCCN(CC(C)C)C(C)C)C(=O)OC. The van der Waals surface area contributed by atoms with Gasteiger partial charge in [-0.25, -0.2) is 0 Å². The van der Waals surface area contributed by atoms with Gasteiger partial charge in [-0.15, -0.1) is 0 Å². The number of nitrogens with zero attached hydrogens (tertiary/aromatic N) is 1. The highest BCUT2D eigenvalue weighted by Gasteiger charge is 2.32. The highest BCUT2D eigenvalue weighted by atomic mass is 16.5. The number of hydrogen-bond acceptors (Lipinski definition) is 4. The van der Waals surface area contributed by atoms with Crippen LogP contribution in [0.4, 0.5) is 0 Å². The number of carbonyl (C=O) groups is 1. The fraction of sp³-hybridized carbons (Fsp3) is 0.938. The van der Waals surface area contributed by atoms with Gasteiger partial charge in [-0.2, -0.15) is 0 Å². The Hall–Kier alpha value is -0.610. The van der Waals surface area contributed by atoms with E-state index in [2.05, 4.69) is 37.9 Å². The number of esters is 1. The Morgan fingerprint density at radius 2 is 1.90 bits per heavy atom. The number of methoxy groups -OCH3 is 1. The summed E-state index contributed by atoms with van der Waals surface area (Å²) >= 11 is 0. The second-order valence-electron chi connectivity index (χ2n) is 6.44. The molecule has 1 N–H and O–H groups in total. The van der Waals surface area contributed by atoms with Crippen molar-refractivity contribution in [2.45, 2.75) is 66.0 Å². The molecule has 0 aliphatic carbocycles. The summed E-state index contributed by atoms with van der Waals surface area (Å²) in [5.74, 6) is 0.498. The van der Waals surface area contributed by atoms with E-state index in [1.165, 1.54) is 7.11 Å². The first kappa shape index (κ1) is 19.4. The Morgan fingerprint density at radius 3 is 2.30 bits per heavy atom. The van der Waals surface area contributed by atoms with Gasteiger partial charge in [0.15, 0.2) is 0 Å². The van der Waals surface area contributed by atoms with Gasteiger partial charge >= 0.3 is 5.97 Å². The van der Waals surface area contributed by atoms with E-state index < -0.39 is 5.54 Å². The molecule has 0 aliphatic heterocycles. The van der Waals surface area contributed by atoms with Crippen molar-refractivity contribution < 1.29 is 9.53 Å². The first-order valence-corrected chi connectivity index (χ1v) is 7.84. The summed E-state index contributed by atoms with van der Waals surface area (Å²) in [5.41, 5.74) is -0.565. The van der Waals surface area contributed by atoms with Crippen LogP contribution in [0.2, 0.25) is 0 Å². The Bertz CT molecular complexity index is 280. The molecule has 4 nitrogen and oxygen atoms in total. The molecular weight excluding hydrogens is 252 g/mol. The molecule has 0 heterocycles. The van der Waals surface area contributed by atoms with Crippen LogP contribution >= 0.6 is 0 Å². The molecule has 0 bridgehead atoms. The van der Waals surface area contributed by atoms with Crippen LogP contribution in [0.15, 0.2) is 0 Å². The van der Waals surface area contributed by atoms with Crippen molar-refractivity contribution in [2.75, 3.05) is 26.7 Å². The molecule has 20 heavy (non-hydrogen) atoms. The fourth-order valence-electron chi connectivity index (χ4n) is 2.54. The van der Waals surface area contributed by atoms with E-state index in [1.807, 2.05) is 13.8 Å². The fourth-order valence-corrected chi connectivity index (χ4v) is 2.54. The average molecular weight is 286 g/mol. The van der Waals surface area contributed by atoms with Gasteiger partial charge < -0.3 is 15.0 Å². The minimum absolute atomic E-state index is 0.167. The van der Waals surface area contributed by atoms with Gasteiger partial charge in [0.2, 0.25) is 0 Å². The molecule has 120 valence electrons. The molecule has 1 atom stereocenters. The van der Waals surface area contributed by atoms with Crippen LogP contribution in [-0.2, 0) is 9.53 Å². The number of ether oxygens (including phenoxy) is 1. The maximum atomic E-state index is 11.9. The number of rotatable bonds is 10. The van der Waals surface area contributed by atoms with Crippen molar-refractivity contribution in [3.63, 3.8) is 0 Å². The minimum atomic E-state index is -0.565.